The number of nitro benzene ring substituents is 1. The number of rotatable bonds is 8. The van der Waals surface area contributed by atoms with Crippen LogP contribution >= 0.6 is 11.8 Å². The van der Waals surface area contributed by atoms with Gasteiger partial charge in [-0.3, -0.25) is 19.7 Å². The van der Waals surface area contributed by atoms with E-state index in [0.717, 1.165) is 11.8 Å². The molecule has 1 unspecified atom stereocenters. The zero-order chi connectivity index (χ0) is 17.6. The van der Waals surface area contributed by atoms with Crippen LogP contribution in [0.25, 0.3) is 0 Å². The van der Waals surface area contributed by atoms with Crippen molar-refractivity contribution in [1.29, 1.82) is 0 Å². The van der Waals surface area contributed by atoms with Gasteiger partial charge in [-0.2, -0.15) is 0 Å². The molecule has 0 fully saturated rings. The van der Waals surface area contributed by atoms with Crippen LogP contribution in [0.5, 0.6) is 0 Å². The average Bonchev–Trinajstić information content (AvgIpc) is 2.42. The van der Waals surface area contributed by atoms with Crippen molar-refractivity contribution in [3.8, 4) is 0 Å². The highest BCUT2D eigenvalue weighted by Crippen LogP contribution is 2.30. The highest BCUT2D eigenvalue weighted by Gasteiger charge is 2.22. The summed E-state index contributed by atoms with van der Waals surface area (Å²) in [5.74, 6) is -2.44. The molecule has 23 heavy (non-hydrogen) atoms. The molecule has 0 aromatic heterocycles. The van der Waals surface area contributed by atoms with Crippen LogP contribution in [0.3, 0.4) is 0 Å². The van der Waals surface area contributed by atoms with Gasteiger partial charge >= 0.3 is 5.97 Å². The molecule has 10 heteroatoms. The smallest absolute Gasteiger partial charge is 0.327 e. The van der Waals surface area contributed by atoms with Gasteiger partial charge in [-0.25, -0.2) is 4.79 Å². The van der Waals surface area contributed by atoms with Crippen molar-refractivity contribution < 1.29 is 24.4 Å². The van der Waals surface area contributed by atoms with E-state index in [-0.39, 0.29) is 22.8 Å². The number of benzene rings is 1. The van der Waals surface area contributed by atoms with Crippen molar-refractivity contribution in [3.63, 3.8) is 0 Å². The molecule has 1 atom stereocenters. The fraction of sp³-hybridized carbons (Fsp3) is 0.308. The Morgan fingerprint density at radius 1 is 1.43 bits per heavy atom. The number of carboxylic acids is 1. The lowest BCUT2D eigenvalue weighted by Crippen LogP contribution is -2.41. The largest absolute Gasteiger partial charge is 0.480 e. The third-order valence-corrected chi connectivity index (χ3v) is 3.84. The van der Waals surface area contributed by atoms with Gasteiger partial charge in [0.15, 0.2) is 0 Å². The summed E-state index contributed by atoms with van der Waals surface area (Å²) in [5.41, 5.74) is 5.19. The number of carbonyl (C=O) groups is 3. The van der Waals surface area contributed by atoms with Gasteiger partial charge in [-0.1, -0.05) is 6.07 Å². The van der Waals surface area contributed by atoms with Gasteiger partial charge in [0.2, 0.25) is 11.8 Å². The maximum Gasteiger partial charge on any atom is 0.327 e. The molecule has 0 aliphatic rings. The number of nitro groups is 1. The number of nitrogens with zero attached hydrogens (tertiary/aromatic N) is 1. The predicted octanol–water partition coefficient (Wildman–Crippen LogP) is 0.304. The highest BCUT2D eigenvalue weighted by atomic mass is 32.2. The number of hydrogen-bond donors (Lipinski definition) is 3. The van der Waals surface area contributed by atoms with Gasteiger partial charge in [0.1, 0.15) is 6.04 Å². The SMILES string of the molecule is CC(=O)NC(CSc1ccc(CC(N)=O)cc1[N+](=O)[O-])C(=O)O. The van der Waals surface area contributed by atoms with Crippen LogP contribution in [0.4, 0.5) is 5.69 Å². The Balaban J connectivity index is 2.94. The molecule has 0 heterocycles. The van der Waals surface area contributed by atoms with Crippen LogP contribution in [-0.4, -0.2) is 39.6 Å². The number of carbonyl (C=O) groups excluding carboxylic acids is 2. The summed E-state index contributed by atoms with van der Waals surface area (Å²) in [7, 11) is 0. The Kier molecular flexibility index (Phi) is 6.51. The van der Waals surface area contributed by atoms with E-state index in [1.807, 2.05) is 0 Å². The molecule has 1 aromatic rings. The molecule has 124 valence electrons. The Morgan fingerprint density at radius 3 is 2.57 bits per heavy atom. The van der Waals surface area contributed by atoms with Crippen LogP contribution in [0.1, 0.15) is 12.5 Å². The molecule has 1 aromatic carbocycles. The van der Waals surface area contributed by atoms with E-state index < -0.39 is 28.7 Å². The molecule has 0 aliphatic heterocycles. The second-order valence-electron chi connectivity index (χ2n) is 4.60. The quantitative estimate of drug-likeness (QED) is 0.349. The number of hydrogen-bond acceptors (Lipinski definition) is 6. The molecule has 4 N–H and O–H groups in total. The lowest BCUT2D eigenvalue weighted by atomic mass is 10.1. The summed E-state index contributed by atoms with van der Waals surface area (Å²) < 4.78 is 0. The van der Waals surface area contributed by atoms with Crippen LogP contribution in [0.15, 0.2) is 23.1 Å². The second-order valence-corrected chi connectivity index (χ2v) is 5.67. The first-order chi connectivity index (χ1) is 10.7. The van der Waals surface area contributed by atoms with Crippen molar-refractivity contribution in [2.75, 3.05) is 5.75 Å². The maximum atomic E-state index is 11.1. The van der Waals surface area contributed by atoms with E-state index in [0.29, 0.717) is 5.56 Å². The average molecular weight is 341 g/mol. The van der Waals surface area contributed by atoms with Gasteiger partial charge in [0.25, 0.3) is 5.69 Å². The topological polar surface area (TPSA) is 153 Å². The van der Waals surface area contributed by atoms with E-state index in [1.165, 1.54) is 25.1 Å². The number of primary amides is 1. The lowest BCUT2D eigenvalue weighted by molar-refractivity contribution is -0.387. The minimum Gasteiger partial charge on any atom is -0.480 e. The van der Waals surface area contributed by atoms with Gasteiger partial charge in [0, 0.05) is 18.7 Å². The fourth-order valence-electron chi connectivity index (χ4n) is 1.73. The van der Waals surface area contributed by atoms with Crippen molar-refractivity contribution in [2.24, 2.45) is 5.73 Å². The minimum absolute atomic E-state index is 0.0785. The molecular formula is C13H15N3O6S. The Morgan fingerprint density at radius 2 is 2.09 bits per heavy atom. The first-order valence-electron chi connectivity index (χ1n) is 6.39. The van der Waals surface area contributed by atoms with Gasteiger partial charge < -0.3 is 16.2 Å². The number of amides is 2. The van der Waals surface area contributed by atoms with Gasteiger partial charge in [0.05, 0.1) is 16.2 Å². The first kappa shape index (κ1) is 18.4. The summed E-state index contributed by atoms with van der Waals surface area (Å²) in [5, 5.41) is 22.4. The molecule has 0 saturated heterocycles. The molecule has 0 radical (unpaired) electrons. The van der Waals surface area contributed by atoms with Crippen LogP contribution in [0, 0.1) is 10.1 Å². The molecule has 0 spiro atoms. The Hall–Kier alpha value is -2.62. The zero-order valence-corrected chi connectivity index (χ0v) is 13.0. The first-order valence-corrected chi connectivity index (χ1v) is 7.37. The third kappa shape index (κ3) is 5.94. The van der Waals surface area contributed by atoms with Crippen LogP contribution in [-0.2, 0) is 20.8 Å². The number of nitrogens with one attached hydrogen (secondary N) is 1. The minimum atomic E-state index is -1.24. The Bertz CT molecular complexity index is 649. The summed E-state index contributed by atoms with van der Waals surface area (Å²) in [6.45, 7) is 1.18. The molecule has 0 bridgehead atoms. The molecule has 1 rings (SSSR count). The summed E-state index contributed by atoms with van der Waals surface area (Å²) in [6, 6.07) is 2.99. The van der Waals surface area contributed by atoms with Gasteiger partial charge in [-0.15, -0.1) is 11.8 Å². The zero-order valence-electron chi connectivity index (χ0n) is 12.1. The monoisotopic (exact) mass is 341 g/mol. The van der Waals surface area contributed by atoms with E-state index in [1.54, 1.807) is 0 Å². The fourth-order valence-corrected chi connectivity index (χ4v) is 2.75. The number of aliphatic carboxylic acids is 1. The normalized spacial score (nSPS) is 11.5. The maximum absolute atomic E-state index is 11.1. The van der Waals surface area contributed by atoms with Crippen molar-refractivity contribution >= 4 is 35.2 Å². The highest BCUT2D eigenvalue weighted by molar-refractivity contribution is 7.99. The molecule has 0 aliphatic carbocycles. The molecule has 2 amide bonds. The third-order valence-electron chi connectivity index (χ3n) is 2.68. The van der Waals surface area contributed by atoms with Crippen LogP contribution < -0.4 is 11.1 Å². The molecule has 0 saturated carbocycles. The van der Waals surface area contributed by atoms with Crippen molar-refractivity contribution in [3.05, 3.63) is 33.9 Å². The summed E-state index contributed by atoms with van der Waals surface area (Å²) >= 11 is 0.928. The van der Waals surface area contributed by atoms with E-state index in [2.05, 4.69) is 5.32 Å². The second kappa shape index (κ2) is 8.13. The molecular weight excluding hydrogens is 326 g/mol. The van der Waals surface area contributed by atoms with Crippen LogP contribution in [0.2, 0.25) is 0 Å². The summed E-state index contributed by atoms with van der Waals surface area (Å²) in [6.07, 6.45) is -0.130. The Labute approximate surface area is 135 Å². The number of thioether (sulfide) groups is 1. The number of carboxylic acid groups (broad SMARTS) is 1. The van der Waals surface area contributed by atoms with Crippen molar-refractivity contribution in [1.82, 2.24) is 5.32 Å². The predicted molar refractivity (Wildman–Crippen MR) is 82.0 cm³/mol. The van der Waals surface area contributed by atoms with E-state index in [4.69, 9.17) is 10.8 Å². The standard InChI is InChI=1S/C13H15N3O6S/c1-7(17)15-9(13(19)20)6-23-11-3-2-8(5-12(14)18)4-10(11)16(21)22/h2-4,9H,5-6H2,1H3,(H2,14,18)(H,15,17)(H,19,20). The van der Waals surface area contributed by atoms with E-state index in [9.17, 15) is 24.5 Å². The molecule has 9 nitrogen and oxygen atoms in total. The van der Waals surface area contributed by atoms with Gasteiger partial charge in [-0.05, 0) is 11.6 Å². The lowest BCUT2D eigenvalue weighted by Gasteiger charge is -2.13. The van der Waals surface area contributed by atoms with Crippen molar-refractivity contribution in [2.45, 2.75) is 24.3 Å². The van der Waals surface area contributed by atoms with E-state index >= 15 is 0 Å². The number of nitrogens with two attached hydrogens (primary N) is 1. The summed E-state index contributed by atoms with van der Waals surface area (Å²) in [4.78, 5) is 43.6.